The van der Waals surface area contributed by atoms with Gasteiger partial charge in [-0.3, -0.25) is 9.59 Å². The van der Waals surface area contributed by atoms with Crippen LogP contribution in [0.5, 0.6) is 0 Å². The van der Waals surface area contributed by atoms with Crippen molar-refractivity contribution in [2.75, 3.05) is 6.54 Å². The van der Waals surface area contributed by atoms with E-state index in [9.17, 15) is 14.7 Å². The maximum Gasteiger partial charge on any atom is 0.252 e. The number of carbonyl (C=O) groups is 2. The van der Waals surface area contributed by atoms with Gasteiger partial charge in [0.15, 0.2) is 0 Å². The number of halogens is 1. The van der Waals surface area contributed by atoms with Gasteiger partial charge < -0.3 is 15.7 Å². The molecule has 1 unspecified atom stereocenters. The number of aliphatic hydroxyl groups excluding tert-OH is 1. The van der Waals surface area contributed by atoms with Crippen molar-refractivity contribution in [1.29, 1.82) is 0 Å². The lowest BCUT2D eigenvalue weighted by atomic mass is 9.99. The van der Waals surface area contributed by atoms with Crippen molar-refractivity contribution in [3.63, 3.8) is 0 Å². The highest BCUT2D eigenvalue weighted by molar-refractivity contribution is 9.10. The first kappa shape index (κ1) is 16.7. The maximum absolute atomic E-state index is 11.9. The number of rotatable bonds is 5. The van der Waals surface area contributed by atoms with Crippen LogP contribution in [0.4, 0.5) is 0 Å². The highest BCUT2D eigenvalue weighted by atomic mass is 79.9. The van der Waals surface area contributed by atoms with Gasteiger partial charge in [-0.05, 0) is 48.8 Å². The first-order valence-electron chi connectivity index (χ1n) is 6.26. The van der Waals surface area contributed by atoms with E-state index >= 15 is 0 Å². The highest BCUT2D eigenvalue weighted by Gasteiger charge is 2.26. The van der Waals surface area contributed by atoms with Gasteiger partial charge in [0.05, 0.1) is 23.8 Å². The number of benzene rings is 1. The minimum absolute atomic E-state index is 0.143. The lowest BCUT2D eigenvalue weighted by Gasteiger charge is -2.29. The number of hydrogen-bond acceptors (Lipinski definition) is 3. The van der Waals surface area contributed by atoms with Gasteiger partial charge >= 0.3 is 0 Å². The number of hydrogen-bond donors (Lipinski definition) is 3. The molecule has 3 N–H and O–H groups in total. The molecule has 0 bridgehead atoms. The highest BCUT2D eigenvalue weighted by Crippen LogP contribution is 2.15. The Kier molecular flexibility index (Phi) is 5.71. The summed E-state index contributed by atoms with van der Waals surface area (Å²) in [5.41, 5.74) is -0.273. The van der Waals surface area contributed by atoms with Crippen LogP contribution in [0.25, 0.3) is 0 Å². The van der Waals surface area contributed by atoms with Gasteiger partial charge in [0, 0.05) is 4.47 Å². The predicted octanol–water partition coefficient (Wildman–Crippen LogP) is 1.45. The first-order valence-corrected chi connectivity index (χ1v) is 7.05. The van der Waals surface area contributed by atoms with Crippen molar-refractivity contribution in [3.8, 4) is 0 Å². The molecule has 0 saturated heterocycles. The Labute approximate surface area is 126 Å². The second-order valence-electron chi connectivity index (χ2n) is 5.11. The fourth-order valence-electron chi connectivity index (χ4n) is 1.41. The molecule has 6 heteroatoms. The molecule has 0 saturated carbocycles. The van der Waals surface area contributed by atoms with Crippen LogP contribution in [0, 0.1) is 0 Å². The standard InChI is InChI=1S/C14H19BrN2O3/c1-9(18)14(2,3)17-12(19)8-16-13(20)10-6-4-5-7-11(10)15/h4-7,9,18H,8H2,1-3H3,(H,16,20)(H,17,19). The molecule has 0 heterocycles. The SMILES string of the molecule is CC(O)C(C)(C)NC(=O)CNC(=O)c1ccccc1Br. The van der Waals surface area contributed by atoms with Gasteiger partial charge in [-0.15, -0.1) is 0 Å². The topological polar surface area (TPSA) is 78.4 Å². The van der Waals surface area contributed by atoms with E-state index in [1.165, 1.54) is 0 Å². The minimum atomic E-state index is -0.741. The Hall–Kier alpha value is -1.40. The second kappa shape index (κ2) is 6.85. The summed E-state index contributed by atoms with van der Waals surface area (Å²) in [6, 6.07) is 6.97. The molecule has 1 rings (SSSR count). The molecular formula is C14H19BrN2O3. The molecule has 20 heavy (non-hydrogen) atoms. The summed E-state index contributed by atoms with van der Waals surface area (Å²) in [6.07, 6.45) is -0.689. The summed E-state index contributed by atoms with van der Waals surface area (Å²) in [6.45, 7) is 4.88. The molecule has 110 valence electrons. The Morgan fingerprint density at radius 1 is 1.35 bits per heavy atom. The normalized spacial score (nSPS) is 12.7. The molecule has 0 aliphatic rings. The van der Waals surface area contributed by atoms with E-state index in [2.05, 4.69) is 26.6 Å². The Bertz CT molecular complexity index is 501. The average Bonchev–Trinajstić information content (AvgIpc) is 2.35. The average molecular weight is 343 g/mol. The molecule has 5 nitrogen and oxygen atoms in total. The number of amides is 2. The van der Waals surface area contributed by atoms with Gasteiger partial charge in [-0.25, -0.2) is 0 Å². The maximum atomic E-state index is 11.9. The molecule has 1 aromatic rings. The van der Waals surface area contributed by atoms with Gasteiger partial charge in [-0.2, -0.15) is 0 Å². The fourth-order valence-corrected chi connectivity index (χ4v) is 1.87. The molecule has 2 amide bonds. The van der Waals surface area contributed by atoms with E-state index < -0.39 is 11.6 Å². The van der Waals surface area contributed by atoms with E-state index in [1.54, 1.807) is 45.0 Å². The first-order chi connectivity index (χ1) is 9.24. The zero-order valence-corrected chi connectivity index (χ0v) is 13.3. The quantitative estimate of drug-likeness (QED) is 0.757. The Morgan fingerprint density at radius 2 is 1.95 bits per heavy atom. The van der Waals surface area contributed by atoms with Crippen molar-refractivity contribution in [2.24, 2.45) is 0 Å². The second-order valence-corrected chi connectivity index (χ2v) is 5.96. The van der Waals surface area contributed by atoms with Crippen molar-refractivity contribution in [3.05, 3.63) is 34.3 Å². The molecule has 0 spiro atoms. The third-order valence-corrected chi connectivity index (χ3v) is 3.73. The zero-order chi connectivity index (χ0) is 15.3. The number of carbonyl (C=O) groups excluding carboxylic acids is 2. The van der Waals surface area contributed by atoms with Gasteiger partial charge in [0.25, 0.3) is 5.91 Å². The molecular weight excluding hydrogens is 324 g/mol. The molecule has 0 aromatic heterocycles. The van der Waals surface area contributed by atoms with E-state index in [0.717, 1.165) is 0 Å². The van der Waals surface area contributed by atoms with Crippen LogP contribution in [0.2, 0.25) is 0 Å². The molecule has 0 aliphatic carbocycles. The van der Waals surface area contributed by atoms with Gasteiger partial charge in [0.2, 0.25) is 5.91 Å². The minimum Gasteiger partial charge on any atom is -0.391 e. The molecule has 1 aromatic carbocycles. The van der Waals surface area contributed by atoms with E-state index in [-0.39, 0.29) is 18.4 Å². The van der Waals surface area contributed by atoms with Gasteiger partial charge in [-0.1, -0.05) is 12.1 Å². The summed E-state index contributed by atoms with van der Waals surface area (Å²) in [4.78, 5) is 23.6. The summed E-state index contributed by atoms with van der Waals surface area (Å²) < 4.78 is 0.669. The lowest BCUT2D eigenvalue weighted by Crippen LogP contribution is -2.53. The van der Waals surface area contributed by atoms with Crippen LogP contribution < -0.4 is 10.6 Å². The van der Waals surface area contributed by atoms with E-state index in [1.807, 2.05) is 0 Å². The summed E-state index contributed by atoms with van der Waals surface area (Å²) in [5, 5.41) is 14.7. The van der Waals surface area contributed by atoms with Crippen molar-refractivity contribution in [1.82, 2.24) is 10.6 Å². The van der Waals surface area contributed by atoms with Crippen LogP contribution in [0.15, 0.2) is 28.7 Å². The smallest absolute Gasteiger partial charge is 0.252 e. The monoisotopic (exact) mass is 342 g/mol. The summed E-state index contributed by atoms with van der Waals surface area (Å²) in [5.74, 6) is -0.682. The largest absolute Gasteiger partial charge is 0.391 e. The molecule has 0 radical (unpaired) electrons. The molecule has 1 atom stereocenters. The number of nitrogens with one attached hydrogen (secondary N) is 2. The van der Waals surface area contributed by atoms with E-state index in [4.69, 9.17) is 0 Å². The van der Waals surface area contributed by atoms with Crippen LogP contribution in [-0.4, -0.2) is 35.1 Å². The Morgan fingerprint density at radius 3 is 2.50 bits per heavy atom. The van der Waals surface area contributed by atoms with Crippen LogP contribution >= 0.6 is 15.9 Å². The van der Waals surface area contributed by atoms with Crippen molar-refractivity contribution >= 4 is 27.7 Å². The third kappa shape index (κ3) is 4.61. The van der Waals surface area contributed by atoms with Gasteiger partial charge in [0.1, 0.15) is 0 Å². The third-order valence-electron chi connectivity index (χ3n) is 3.03. The van der Waals surface area contributed by atoms with Crippen LogP contribution in [0.1, 0.15) is 31.1 Å². The fraction of sp³-hybridized carbons (Fsp3) is 0.429. The number of aliphatic hydroxyl groups is 1. The van der Waals surface area contributed by atoms with Crippen molar-refractivity contribution < 1.29 is 14.7 Å². The summed E-state index contributed by atoms with van der Waals surface area (Å²) >= 11 is 3.28. The molecule has 0 fully saturated rings. The summed E-state index contributed by atoms with van der Waals surface area (Å²) in [7, 11) is 0. The van der Waals surface area contributed by atoms with Crippen LogP contribution in [-0.2, 0) is 4.79 Å². The van der Waals surface area contributed by atoms with Crippen LogP contribution in [0.3, 0.4) is 0 Å². The Balaban J connectivity index is 2.54. The zero-order valence-electron chi connectivity index (χ0n) is 11.7. The lowest BCUT2D eigenvalue weighted by molar-refractivity contribution is -0.123. The van der Waals surface area contributed by atoms with Crippen molar-refractivity contribution in [2.45, 2.75) is 32.4 Å². The molecule has 0 aliphatic heterocycles. The predicted molar refractivity (Wildman–Crippen MR) is 80.4 cm³/mol. The van der Waals surface area contributed by atoms with E-state index in [0.29, 0.717) is 10.0 Å².